The van der Waals surface area contributed by atoms with E-state index >= 15 is 0 Å². The zero-order valence-electron chi connectivity index (χ0n) is 8.46. The van der Waals surface area contributed by atoms with Crippen LogP contribution in [0.1, 0.15) is 17.7 Å². The third kappa shape index (κ3) is 2.87. The fourth-order valence-electron chi connectivity index (χ4n) is 1.10. The van der Waals surface area contributed by atoms with Crippen molar-refractivity contribution in [2.24, 2.45) is 5.73 Å². The molecular formula is C10H10N4O2. The van der Waals surface area contributed by atoms with Crippen LogP contribution in [-0.2, 0) is 0 Å². The van der Waals surface area contributed by atoms with Gasteiger partial charge in [0, 0.05) is 12.3 Å². The van der Waals surface area contributed by atoms with E-state index in [2.05, 4.69) is 4.98 Å². The Labute approximate surface area is 92.2 Å². The van der Waals surface area contributed by atoms with Gasteiger partial charge >= 0.3 is 5.69 Å². The summed E-state index contributed by atoms with van der Waals surface area (Å²) in [4.78, 5) is 13.7. The average molecular weight is 218 g/mol. The van der Waals surface area contributed by atoms with Gasteiger partial charge in [-0.05, 0) is 18.5 Å². The van der Waals surface area contributed by atoms with Crippen molar-refractivity contribution in [1.29, 1.82) is 5.26 Å². The summed E-state index contributed by atoms with van der Waals surface area (Å²) in [6.07, 6.45) is 5.59. The van der Waals surface area contributed by atoms with Crippen molar-refractivity contribution in [2.45, 2.75) is 6.42 Å². The molecule has 6 nitrogen and oxygen atoms in total. The van der Waals surface area contributed by atoms with Crippen molar-refractivity contribution in [3.05, 3.63) is 39.7 Å². The molecule has 0 atom stereocenters. The topological polar surface area (TPSA) is 106 Å². The molecule has 0 aliphatic rings. The smallest absolute Gasteiger partial charge is 0.306 e. The van der Waals surface area contributed by atoms with Crippen molar-refractivity contribution >= 4 is 11.8 Å². The molecule has 0 unspecified atom stereocenters. The molecule has 0 radical (unpaired) electrons. The largest absolute Gasteiger partial charge is 0.330 e. The summed E-state index contributed by atoms with van der Waals surface area (Å²) in [6, 6.07) is 2.99. The maximum absolute atomic E-state index is 10.6. The summed E-state index contributed by atoms with van der Waals surface area (Å²) in [5.74, 6) is 0. The second kappa shape index (κ2) is 5.58. The van der Waals surface area contributed by atoms with Gasteiger partial charge in [0.25, 0.3) is 0 Å². The first-order chi connectivity index (χ1) is 7.69. The van der Waals surface area contributed by atoms with Crippen molar-refractivity contribution in [3.63, 3.8) is 0 Å². The van der Waals surface area contributed by atoms with Gasteiger partial charge in [-0.25, -0.2) is 4.98 Å². The van der Waals surface area contributed by atoms with Crippen LogP contribution in [0.15, 0.2) is 18.3 Å². The van der Waals surface area contributed by atoms with E-state index in [-0.39, 0.29) is 11.4 Å². The molecule has 1 aromatic heterocycles. The molecule has 0 amide bonds. The number of nitrogens with zero attached hydrogens (tertiary/aromatic N) is 3. The van der Waals surface area contributed by atoms with Crippen LogP contribution in [-0.4, -0.2) is 16.5 Å². The summed E-state index contributed by atoms with van der Waals surface area (Å²) in [6.45, 7) is 0.516. The normalized spacial score (nSPS) is 10.2. The van der Waals surface area contributed by atoms with Gasteiger partial charge in [0.1, 0.15) is 6.07 Å². The fourth-order valence-corrected chi connectivity index (χ4v) is 1.10. The minimum Gasteiger partial charge on any atom is -0.330 e. The third-order valence-electron chi connectivity index (χ3n) is 1.83. The molecule has 0 bridgehead atoms. The van der Waals surface area contributed by atoms with Crippen LogP contribution in [0.2, 0.25) is 0 Å². The molecule has 0 saturated carbocycles. The van der Waals surface area contributed by atoms with Crippen LogP contribution in [0.4, 0.5) is 5.69 Å². The third-order valence-corrected chi connectivity index (χ3v) is 1.83. The van der Waals surface area contributed by atoms with E-state index in [4.69, 9.17) is 11.0 Å². The maximum Gasteiger partial charge on any atom is 0.306 e. The first kappa shape index (κ1) is 11.8. The van der Waals surface area contributed by atoms with E-state index in [9.17, 15) is 10.1 Å². The molecule has 1 rings (SSSR count). The summed E-state index contributed by atoms with van der Waals surface area (Å²) >= 11 is 0. The number of nitro groups is 1. The van der Waals surface area contributed by atoms with Crippen LogP contribution >= 0.6 is 0 Å². The summed E-state index contributed by atoms with van der Waals surface area (Å²) < 4.78 is 0. The van der Waals surface area contributed by atoms with E-state index in [0.29, 0.717) is 18.5 Å². The van der Waals surface area contributed by atoms with E-state index in [0.717, 1.165) is 0 Å². The van der Waals surface area contributed by atoms with Crippen molar-refractivity contribution in [1.82, 2.24) is 4.98 Å². The molecule has 2 N–H and O–H groups in total. The number of aromatic nitrogens is 1. The van der Waals surface area contributed by atoms with Gasteiger partial charge in [0.05, 0.1) is 4.92 Å². The first-order valence-corrected chi connectivity index (χ1v) is 4.60. The van der Waals surface area contributed by atoms with Gasteiger partial charge < -0.3 is 5.73 Å². The summed E-state index contributed by atoms with van der Waals surface area (Å²) in [5, 5.41) is 19.3. The highest BCUT2D eigenvalue weighted by atomic mass is 16.6. The molecule has 82 valence electrons. The first-order valence-electron chi connectivity index (χ1n) is 4.60. The molecule has 0 aliphatic heterocycles. The monoisotopic (exact) mass is 218 g/mol. The molecule has 1 heterocycles. The zero-order valence-corrected chi connectivity index (χ0v) is 8.46. The van der Waals surface area contributed by atoms with Crippen molar-refractivity contribution < 1.29 is 4.92 Å². The van der Waals surface area contributed by atoms with Crippen LogP contribution < -0.4 is 5.73 Å². The Morgan fingerprint density at radius 3 is 3.00 bits per heavy atom. The Morgan fingerprint density at radius 1 is 1.69 bits per heavy atom. The Bertz CT molecular complexity index is 462. The van der Waals surface area contributed by atoms with Crippen LogP contribution in [0.3, 0.4) is 0 Å². The second-order valence-electron chi connectivity index (χ2n) is 2.99. The number of nitrogens with two attached hydrogens (primary N) is 1. The zero-order chi connectivity index (χ0) is 12.0. The van der Waals surface area contributed by atoms with Gasteiger partial charge in [-0.3, -0.25) is 10.1 Å². The quantitative estimate of drug-likeness (QED) is 0.604. The molecule has 0 aliphatic carbocycles. The lowest BCUT2D eigenvalue weighted by atomic mass is 10.2. The maximum atomic E-state index is 10.6. The van der Waals surface area contributed by atoms with Crippen molar-refractivity contribution in [3.8, 4) is 6.07 Å². The van der Waals surface area contributed by atoms with Crippen LogP contribution in [0.25, 0.3) is 6.08 Å². The molecule has 1 aromatic rings. The molecule has 16 heavy (non-hydrogen) atoms. The molecule has 0 fully saturated rings. The van der Waals surface area contributed by atoms with Crippen molar-refractivity contribution in [2.75, 3.05) is 6.54 Å². The van der Waals surface area contributed by atoms with Gasteiger partial charge in [0.15, 0.2) is 0 Å². The molecule has 0 spiro atoms. The highest BCUT2D eigenvalue weighted by molar-refractivity contribution is 5.55. The molecule has 0 saturated heterocycles. The van der Waals surface area contributed by atoms with E-state index in [1.807, 2.05) is 0 Å². The Morgan fingerprint density at radius 2 is 2.44 bits per heavy atom. The lowest BCUT2D eigenvalue weighted by molar-refractivity contribution is -0.385. The van der Waals surface area contributed by atoms with Gasteiger partial charge in [0.2, 0.25) is 5.69 Å². The lowest BCUT2D eigenvalue weighted by Gasteiger charge is -1.96. The predicted octanol–water partition coefficient (Wildman–Crippen LogP) is 1.22. The van der Waals surface area contributed by atoms with E-state index in [1.165, 1.54) is 12.3 Å². The van der Waals surface area contributed by atoms with Gasteiger partial charge in [-0.2, -0.15) is 5.26 Å². The SMILES string of the molecule is N#Cc1ncc(C=CCCN)cc1[N+](=O)[O-]. The van der Waals surface area contributed by atoms with E-state index in [1.54, 1.807) is 18.2 Å². The summed E-state index contributed by atoms with van der Waals surface area (Å²) in [7, 11) is 0. The van der Waals surface area contributed by atoms with E-state index < -0.39 is 4.92 Å². The summed E-state index contributed by atoms with van der Waals surface area (Å²) in [5.41, 5.74) is 5.42. The van der Waals surface area contributed by atoms with Crippen LogP contribution in [0, 0.1) is 21.4 Å². The standard InChI is InChI=1S/C10H10N4O2/c11-4-2-1-3-8-5-10(14(15)16)9(6-12)13-7-8/h1,3,5,7H,2,4,11H2. The molecule has 6 heteroatoms. The number of pyridine rings is 1. The molecule has 0 aromatic carbocycles. The average Bonchev–Trinajstić information content (AvgIpc) is 2.29. The van der Waals surface area contributed by atoms with Crippen LogP contribution in [0.5, 0.6) is 0 Å². The number of rotatable bonds is 4. The van der Waals surface area contributed by atoms with Gasteiger partial charge in [-0.15, -0.1) is 0 Å². The fraction of sp³-hybridized carbons (Fsp3) is 0.200. The highest BCUT2D eigenvalue weighted by Gasteiger charge is 2.14. The minimum atomic E-state index is -0.619. The second-order valence-corrected chi connectivity index (χ2v) is 2.99. The lowest BCUT2D eigenvalue weighted by Crippen LogP contribution is -1.96. The Kier molecular flexibility index (Phi) is 4.12. The predicted molar refractivity (Wildman–Crippen MR) is 58.3 cm³/mol. The molecular weight excluding hydrogens is 208 g/mol. The Balaban J connectivity index is 3.04. The highest BCUT2D eigenvalue weighted by Crippen LogP contribution is 2.17. The Hall–Kier alpha value is -2.26. The number of nitriles is 1. The van der Waals surface area contributed by atoms with Gasteiger partial charge in [-0.1, -0.05) is 12.2 Å². The number of hydrogen-bond donors (Lipinski definition) is 1. The number of hydrogen-bond acceptors (Lipinski definition) is 5. The minimum absolute atomic E-state index is 0.180.